The maximum absolute atomic E-state index is 13.4. The Morgan fingerprint density at radius 2 is 1.53 bits per heavy atom. The van der Waals surface area contributed by atoms with Crippen molar-refractivity contribution < 1.29 is 9.18 Å². The Morgan fingerprint density at radius 1 is 0.941 bits per heavy atom. The van der Waals surface area contributed by atoms with Crippen molar-refractivity contribution in [1.29, 1.82) is 0 Å². The SMILES string of the molecule is C[C@@H](Sc1n[nH]c(/C=C/c2ccc(F)cc2)n1)C(=O)N(Cc1ccccc1)Cc1ccccc1. The third kappa shape index (κ3) is 6.65. The normalized spacial score (nSPS) is 12.1. The summed E-state index contributed by atoms with van der Waals surface area (Å²) in [6.07, 6.45) is 3.60. The molecular weight excluding hydrogens is 447 g/mol. The van der Waals surface area contributed by atoms with Crippen molar-refractivity contribution in [3.05, 3.63) is 113 Å². The van der Waals surface area contributed by atoms with Gasteiger partial charge in [0.15, 0.2) is 0 Å². The molecule has 1 N–H and O–H groups in total. The lowest BCUT2D eigenvalue weighted by Gasteiger charge is -2.25. The van der Waals surface area contributed by atoms with Crippen LogP contribution in [0.1, 0.15) is 29.4 Å². The Balaban J connectivity index is 1.43. The van der Waals surface area contributed by atoms with E-state index in [4.69, 9.17) is 0 Å². The molecule has 1 amide bonds. The zero-order valence-electron chi connectivity index (χ0n) is 18.8. The van der Waals surface area contributed by atoms with E-state index >= 15 is 0 Å². The third-order valence-corrected chi connectivity index (χ3v) is 6.11. The molecule has 172 valence electrons. The molecule has 1 atom stereocenters. The summed E-state index contributed by atoms with van der Waals surface area (Å²) in [6.45, 7) is 2.93. The molecule has 7 heteroatoms. The van der Waals surface area contributed by atoms with Crippen molar-refractivity contribution in [2.75, 3.05) is 0 Å². The van der Waals surface area contributed by atoms with Crippen LogP contribution in [0.25, 0.3) is 12.2 Å². The Bertz CT molecular complexity index is 1190. The molecule has 0 unspecified atom stereocenters. The number of amides is 1. The summed E-state index contributed by atoms with van der Waals surface area (Å²) in [7, 11) is 0. The Hall–Kier alpha value is -3.71. The van der Waals surface area contributed by atoms with Gasteiger partial charge in [0, 0.05) is 13.1 Å². The van der Waals surface area contributed by atoms with Gasteiger partial charge in [-0.25, -0.2) is 9.37 Å². The summed E-state index contributed by atoms with van der Waals surface area (Å²) in [4.78, 5) is 19.7. The van der Waals surface area contributed by atoms with Gasteiger partial charge < -0.3 is 4.90 Å². The van der Waals surface area contributed by atoms with Gasteiger partial charge in [0.1, 0.15) is 11.6 Å². The number of hydrogen-bond donors (Lipinski definition) is 1. The average molecular weight is 473 g/mol. The number of rotatable bonds is 9. The Kier molecular flexibility index (Phi) is 7.88. The number of thioether (sulfide) groups is 1. The highest BCUT2D eigenvalue weighted by Gasteiger charge is 2.23. The van der Waals surface area contributed by atoms with Crippen LogP contribution in [-0.2, 0) is 17.9 Å². The molecule has 1 heterocycles. The van der Waals surface area contributed by atoms with Gasteiger partial charge in [-0.3, -0.25) is 9.89 Å². The van der Waals surface area contributed by atoms with E-state index in [0.29, 0.717) is 24.1 Å². The first-order valence-electron chi connectivity index (χ1n) is 11.0. The number of carbonyl (C=O) groups is 1. The minimum absolute atomic E-state index is 0.0194. The Labute approximate surface area is 202 Å². The van der Waals surface area contributed by atoms with Gasteiger partial charge in [-0.2, -0.15) is 0 Å². The molecule has 0 bridgehead atoms. The van der Waals surface area contributed by atoms with Crippen molar-refractivity contribution in [3.8, 4) is 0 Å². The average Bonchev–Trinajstić information content (AvgIpc) is 3.31. The summed E-state index contributed by atoms with van der Waals surface area (Å²) < 4.78 is 13.1. The molecule has 4 aromatic rings. The summed E-state index contributed by atoms with van der Waals surface area (Å²) in [5.41, 5.74) is 3.01. The van der Waals surface area contributed by atoms with Crippen LogP contribution in [0, 0.1) is 5.82 Å². The highest BCUT2D eigenvalue weighted by molar-refractivity contribution is 8.00. The fourth-order valence-electron chi connectivity index (χ4n) is 3.42. The highest BCUT2D eigenvalue weighted by atomic mass is 32.2. The number of aromatic nitrogens is 3. The quantitative estimate of drug-likeness (QED) is 0.312. The second kappa shape index (κ2) is 11.4. The zero-order chi connectivity index (χ0) is 23.8. The molecular formula is C27H25FN4OS. The Morgan fingerprint density at radius 3 is 2.12 bits per heavy atom. The molecule has 0 aliphatic rings. The summed E-state index contributed by atoms with van der Waals surface area (Å²) in [6, 6.07) is 26.1. The molecule has 34 heavy (non-hydrogen) atoms. The lowest BCUT2D eigenvalue weighted by Crippen LogP contribution is -2.35. The first-order chi connectivity index (χ1) is 16.6. The lowest BCUT2D eigenvalue weighted by atomic mass is 10.1. The first-order valence-corrected chi connectivity index (χ1v) is 11.8. The van der Waals surface area contributed by atoms with E-state index in [9.17, 15) is 9.18 Å². The van der Waals surface area contributed by atoms with E-state index in [1.807, 2.05) is 78.6 Å². The summed E-state index contributed by atoms with van der Waals surface area (Å²) >= 11 is 1.32. The summed E-state index contributed by atoms with van der Waals surface area (Å²) in [5.74, 6) is 0.311. The zero-order valence-corrected chi connectivity index (χ0v) is 19.6. The number of hydrogen-bond acceptors (Lipinski definition) is 4. The number of halogens is 1. The van der Waals surface area contributed by atoms with E-state index in [1.54, 1.807) is 18.2 Å². The standard InChI is InChI=1S/C27H25FN4OS/c1-20(34-27-29-25(30-31-27)17-14-21-12-15-24(28)16-13-21)26(33)32(18-22-8-4-2-5-9-22)19-23-10-6-3-7-11-23/h2-17,20H,18-19H2,1H3,(H,29,30,31)/b17-14+/t20-/m1/s1. The minimum atomic E-state index is -0.364. The number of benzene rings is 3. The minimum Gasteiger partial charge on any atom is -0.333 e. The molecule has 0 fully saturated rings. The van der Waals surface area contributed by atoms with Gasteiger partial charge >= 0.3 is 0 Å². The van der Waals surface area contributed by atoms with Crippen molar-refractivity contribution in [2.45, 2.75) is 30.4 Å². The lowest BCUT2D eigenvalue weighted by molar-refractivity contribution is -0.131. The largest absolute Gasteiger partial charge is 0.333 e. The predicted molar refractivity (Wildman–Crippen MR) is 134 cm³/mol. The molecule has 5 nitrogen and oxygen atoms in total. The van der Waals surface area contributed by atoms with Crippen molar-refractivity contribution >= 4 is 29.8 Å². The van der Waals surface area contributed by atoms with E-state index in [2.05, 4.69) is 15.2 Å². The molecule has 0 saturated carbocycles. The number of carbonyl (C=O) groups excluding carboxylic acids is 1. The molecule has 1 aromatic heterocycles. The monoisotopic (exact) mass is 472 g/mol. The molecule has 0 aliphatic heterocycles. The van der Waals surface area contributed by atoms with Gasteiger partial charge in [-0.15, -0.1) is 5.10 Å². The fourth-order valence-corrected chi connectivity index (χ4v) is 4.23. The van der Waals surface area contributed by atoms with Gasteiger partial charge in [0.2, 0.25) is 11.1 Å². The number of H-pyrrole nitrogens is 1. The van der Waals surface area contributed by atoms with Crippen molar-refractivity contribution in [1.82, 2.24) is 20.1 Å². The van der Waals surface area contributed by atoms with Crippen LogP contribution < -0.4 is 0 Å². The van der Waals surface area contributed by atoms with Crippen molar-refractivity contribution in [3.63, 3.8) is 0 Å². The van der Waals surface area contributed by atoms with Crippen LogP contribution in [0.4, 0.5) is 4.39 Å². The second-order valence-electron chi connectivity index (χ2n) is 7.81. The van der Waals surface area contributed by atoms with E-state index < -0.39 is 0 Å². The smallest absolute Gasteiger partial charge is 0.236 e. The summed E-state index contributed by atoms with van der Waals surface area (Å²) in [5, 5.41) is 7.25. The van der Waals surface area contributed by atoms with E-state index in [-0.39, 0.29) is 17.0 Å². The molecule has 0 spiro atoms. The molecule has 3 aromatic carbocycles. The molecule has 4 rings (SSSR count). The highest BCUT2D eigenvalue weighted by Crippen LogP contribution is 2.23. The van der Waals surface area contributed by atoms with E-state index in [1.165, 1.54) is 23.9 Å². The maximum Gasteiger partial charge on any atom is 0.236 e. The maximum atomic E-state index is 13.4. The number of aromatic amines is 1. The van der Waals surface area contributed by atoms with Gasteiger partial charge in [0.25, 0.3) is 0 Å². The van der Waals surface area contributed by atoms with Gasteiger partial charge in [0.05, 0.1) is 5.25 Å². The predicted octanol–water partition coefficient (Wildman–Crippen LogP) is 5.82. The number of nitrogens with one attached hydrogen (secondary N) is 1. The third-order valence-electron chi connectivity index (χ3n) is 5.16. The van der Waals surface area contributed by atoms with Crippen LogP contribution in [-0.4, -0.2) is 31.2 Å². The fraction of sp³-hybridized carbons (Fsp3) is 0.148. The topological polar surface area (TPSA) is 61.9 Å². The van der Waals surface area contributed by atoms with Gasteiger partial charge in [-0.05, 0) is 41.8 Å². The van der Waals surface area contributed by atoms with Crippen LogP contribution >= 0.6 is 11.8 Å². The molecule has 0 radical (unpaired) electrons. The van der Waals surface area contributed by atoms with Crippen LogP contribution in [0.2, 0.25) is 0 Å². The molecule has 0 aliphatic carbocycles. The first kappa shape index (κ1) is 23.4. The molecule has 0 saturated heterocycles. The second-order valence-corrected chi connectivity index (χ2v) is 9.12. The van der Waals surface area contributed by atoms with Crippen LogP contribution in [0.15, 0.2) is 90.1 Å². The number of nitrogens with zero attached hydrogens (tertiary/aromatic N) is 3. The van der Waals surface area contributed by atoms with Gasteiger partial charge in [-0.1, -0.05) is 90.6 Å². The van der Waals surface area contributed by atoms with Crippen LogP contribution in [0.5, 0.6) is 0 Å². The van der Waals surface area contributed by atoms with Crippen LogP contribution in [0.3, 0.4) is 0 Å². The van der Waals surface area contributed by atoms with Crippen molar-refractivity contribution in [2.24, 2.45) is 0 Å². The van der Waals surface area contributed by atoms with E-state index in [0.717, 1.165) is 16.7 Å².